The van der Waals surface area contributed by atoms with Crippen LogP contribution in [0.4, 0.5) is 0 Å². The number of aliphatic hydroxyl groups is 1. The molecule has 0 spiro atoms. The minimum atomic E-state index is -1.38. The summed E-state index contributed by atoms with van der Waals surface area (Å²) in [6.07, 6.45) is 19.3. The summed E-state index contributed by atoms with van der Waals surface area (Å²) in [4.78, 5) is 83.1. The minimum absolute atomic E-state index is 0.241. The first-order valence-corrected chi connectivity index (χ1v) is 22.2. The van der Waals surface area contributed by atoms with Crippen LogP contribution in [0.1, 0.15) is 147 Å². The van der Waals surface area contributed by atoms with Crippen LogP contribution in [0.25, 0.3) is 0 Å². The van der Waals surface area contributed by atoms with Crippen LogP contribution in [0, 0.1) is 0 Å². The molecule has 392 valence electrons. The van der Waals surface area contributed by atoms with E-state index < -0.39 is 23.5 Å². The largest absolute Gasteiger partial charge is 0.476 e. The molecule has 2 rings (SSSR count). The fourth-order valence-corrected chi connectivity index (χ4v) is 4.52. The van der Waals surface area contributed by atoms with Crippen molar-refractivity contribution in [3.05, 3.63) is 58.7 Å². The molecule has 0 saturated heterocycles. The molecule has 2 saturated carbocycles. The Bertz CT molecular complexity index is 1430. The molecule has 2 N–H and O–H groups in total. The van der Waals surface area contributed by atoms with Crippen molar-refractivity contribution >= 4 is 59.0 Å². The van der Waals surface area contributed by atoms with Gasteiger partial charge in [0, 0.05) is 62.2 Å². The van der Waals surface area contributed by atoms with Gasteiger partial charge in [-0.3, -0.25) is 9.59 Å². The van der Waals surface area contributed by atoms with Crippen LogP contribution < -0.4 is 0 Å². The number of alkyl halides is 1. The van der Waals surface area contributed by atoms with E-state index in [1.165, 1.54) is 118 Å². The molecule has 0 bridgehead atoms. The average molecular weight is 981 g/mol. The van der Waals surface area contributed by atoms with Gasteiger partial charge in [0.1, 0.15) is 0 Å². The third-order valence-electron chi connectivity index (χ3n) is 8.40. The van der Waals surface area contributed by atoms with Crippen molar-refractivity contribution in [2.24, 2.45) is 0 Å². The second kappa shape index (κ2) is 55.4. The molecule has 0 aromatic heterocycles. The zero-order chi connectivity index (χ0) is 54.8. The number of aliphatic carboxylic acids is 1. The van der Waals surface area contributed by atoms with Crippen molar-refractivity contribution in [2.45, 2.75) is 159 Å². The van der Waals surface area contributed by atoms with E-state index in [-0.39, 0.29) is 23.9 Å². The lowest BCUT2D eigenvalue weighted by atomic mass is 9.89. The molecular formula is C50H90ClNO15. The highest BCUT2D eigenvalue weighted by Crippen LogP contribution is 2.28. The summed E-state index contributed by atoms with van der Waals surface area (Å²) < 4.78 is 21.5. The van der Waals surface area contributed by atoms with Gasteiger partial charge in [0.15, 0.2) is 0 Å². The summed E-state index contributed by atoms with van der Waals surface area (Å²) in [5.74, 6) is -4.69. The number of carbonyl (C=O) groups excluding carboxylic acids is 7. The molecule has 17 heteroatoms. The van der Waals surface area contributed by atoms with Crippen molar-refractivity contribution in [3.8, 4) is 0 Å². The first kappa shape index (κ1) is 79.2. The number of ether oxygens (including phenoxy) is 5. The Morgan fingerprint density at radius 1 is 0.552 bits per heavy atom. The van der Waals surface area contributed by atoms with Crippen molar-refractivity contribution < 1.29 is 72.3 Å². The van der Waals surface area contributed by atoms with Gasteiger partial charge in [-0.2, -0.15) is 0 Å². The number of esters is 5. The van der Waals surface area contributed by atoms with Crippen LogP contribution in [0.15, 0.2) is 58.7 Å². The second-order valence-electron chi connectivity index (χ2n) is 15.0. The lowest BCUT2D eigenvalue weighted by Crippen LogP contribution is -2.42. The summed E-state index contributed by atoms with van der Waals surface area (Å²) in [6.45, 7) is 27.3. The number of nitrogens with zero attached hydrogens (tertiary/aromatic N) is 1. The second-order valence-corrected chi connectivity index (χ2v) is 15.0. The van der Waals surface area contributed by atoms with Gasteiger partial charge in [0.05, 0.1) is 35.5 Å². The van der Waals surface area contributed by atoms with Crippen LogP contribution in [-0.2, 0) is 62.0 Å². The third kappa shape index (κ3) is 61.1. The molecule has 0 atom stereocenters. The molecule has 0 radical (unpaired) electrons. The molecule has 0 unspecified atom stereocenters. The summed E-state index contributed by atoms with van der Waals surface area (Å²) in [7, 11) is 10.00. The summed E-state index contributed by atoms with van der Waals surface area (Å²) in [5, 5.41) is 14.6. The number of allylic oxidation sites excluding steroid dienone is 4. The number of aliphatic hydroxyl groups excluding tert-OH is 1. The monoisotopic (exact) mass is 980 g/mol. The number of carbonyl (C=O) groups is 8. The van der Waals surface area contributed by atoms with Gasteiger partial charge in [0.25, 0.3) is 0 Å². The number of methoxy groups -OCH3 is 5. The molecule has 0 amide bonds. The number of carboxylic acid groups (broad SMARTS) is 1. The number of rotatable bonds is 8. The highest BCUT2D eigenvalue weighted by molar-refractivity contribution is 6.32. The standard InChI is InChI=1S/C13H25N.C7H12O2.2C6H10O2.C5H8O2.C4H6O3.C4H8.C3H4O3.CH3Cl.CH4O/c1-14(12-8-4-2-5-9-12)13-10-6-3-7-11-13;1-5(2)6(3)7(8)9-4;1-5(2)4-6(7)8-3;1-4-5(2)6(7)8-3;1-4(2)5(6)7-3;1-3(5)4(6)7-2;1-4(2)3;1-2(4)3(5)6;2*1-2/h12-13H,2-11H2,1H3;1-4H3;2*4H,1-3H3;1H2,2-3H3;1-2H3;1H2,2-3H3;1H3,(H,5,6);1H3;2H,1H3/b;;;5-4+;;;;;;. The number of halogens is 1. The Labute approximate surface area is 409 Å². The summed E-state index contributed by atoms with van der Waals surface area (Å²) in [6, 6.07) is 1.85. The first-order valence-electron chi connectivity index (χ1n) is 21.5. The van der Waals surface area contributed by atoms with Crippen molar-refractivity contribution in [1.82, 2.24) is 4.90 Å². The number of carboxylic acids is 1. The fourth-order valence-electron chi connectivity index (χ4n) is 4.52. The van der Waals surface area contributed by atoms with E-state index in [0.717, 1.165) is 44.2 Å². The zero-order valence-corrected chi connectivity index (χ0v) is 45.6. The van der Waals surface area contributed by atoms with Gasteiger partial charge < -0.3 is 38.8 Å². The fraction of sp³-hybridized carbons (Fsp3) is 0.640. The Kier molecular flexibility index (Phi) is 65.5. The molecule has 0 aromatic carbocycles. The van der Waals surface area contributed by atoms with Crippen LogP contribution in [-0.4, -0.2) is 131 Å². The van der Waals surface area contributed by atoms with Crippen LogP contribution in [0.2, 0.25) is 0 Å². The number of hydrogen-bond acceptors (Lipinski definition) is 15. The van der Waals surface area contributed by atoms with E-state index >= 15 is 0 Å². The van der Waals surface area contributed by atoms with E-state index in [9.17, 15) is 38.4 Å². The number of hydrogen-bond donors (Lipinski definition) is 2. The van der Waals surface area contributed by atoms with Gasteiger partial charge in [-0.05, 0) is 102 Å². The van der Waals surface area contributed by atoms with E-state index in [0.29, 0.717) is 16.7 Å². The summed E-state index contributed by atoms with van der Waals surface area (Å²) >= 11 is 4.64. The van der Waals surface area contributed by atoms with Gasteiger partial charge in [-0.1, -0.05) is 67.9 Å². The maximum atomic E-state index is 10.7. The Morgan fingerprint density at radius 2 is 0.866 bits per heavy atom. The Morgan fingerprint density at radius 3 is 0.985 bits per heavy atom. The SMILES string of the molecule is C/C=C(\C)C(=O)OC.C=C(C)C.C=C(C)C(=O)OC.CC(=O)C(=O)O.CCl.CN(C1CCCCC1)C1CCCCC1.CO.COC(=O)C(C)=C(C)C.COC(=O)C(C)=O.COC(=O)C=C(C)C. The van der Waals surface area contributed by atoms with E-state index in [2.05, 4.69) is 60.4 Å². The maximum absolute atomic E-state index is 10.7. The maximum Gasteiger partial charge on any atom is 0.374 e. The minimum Gasteiger partial charge on any atom is -0.476 e. The highest BCUT2D eigenvalue weighted by atomic mass is 35.5. The molecule has 16 nitrogen and oxygen atoms in total. The predicted octanol–water partition coefficient (Wildman–Crippen LogP) is 9.54. The molecule has 2 fully saturated rings. The Hall–Kier alpha value is -4.93. The summed E-state index contributed by atoms with van der Waals surface area (Å²) in [5.41, 5.74) is 4.89. The van der Waals surface area contributed by atoms with Gasteiger partial charge in [0.2, 0.25) is 11.6 Å². The van der Waals surface area contributed by atoms with E-state index in [1.54, 1.807) is 33.8 Å². The van der Waals surface area contributed by atoms with Crippen LogP contribution in [0.5, 0.6) is 0 Å². The lowest BCUT2D eigenvalue weighted by Gasteiger charge is -2.39. The first-order chi connectivity index (χ1) is 31.1. The van der Waals surface area contributed by atoms with Crippen LogP contribution >= 0.6 is 11.6 Å². The third-order valence-corrected chi connectivity index (χ3v) is 8.40. The molecule has 0 aromatic rings. The van der Waals surface area contributed by atoms with Gasteiger partial charge in [-0.25, -0.2) is 28.8 Å². The van der Waals surface area contributed by atoms with E-state index in [1.807, 2.05) is 41.5 Å². The normalized spacial score (nSPS) is 11.9. The number of Topliss-reactive ketones (excluding diaryl/α,β-unsaturated/α-hetero) is 2. The Balaban J connectivity index is -0.000000100. The van der Waals surface area contributed by atoms with Crippen LogP contribution in [0.3, 0.4) is 0 Å². The molecule has 2 aliphatic carbocycles. The lowest BCUT2D eigenvalue weighted by molar-refractivity contribution is -0.150. The van der Waals surface area contributed by atoms with Crippen molar-refractivity contribution in [1.29, 1.82) is 0 Å². The van der Waals surface area contributed by atoms with Crippen molar-refractivity contribution in [3.63, 3.8) is 0 Å². The quantitative estimate of drug-likeness (QED) is 0.0576. The molecule has 2 aliphatic rings. The molecule has 67 heavy (non-hydrogen) atoms. The van der Waals surface area contributed by atoms with Crippen molar-refractivity contribution in [2.75, 3.05) is 56.1 Å². The van der Waals surface area contributed by atoms with Gasteiger partial charge in [-0.15, -0.1) is 18.2 Å². The predicted molar refractivity (Wildman–Crippen MR) is 269 cm³/mol. The highest BCUT2D eigenvalue weighted by Gasteiger charge is 2.25. The molecule has 0 heterocycles. The zero-order valence-electron chi connectivity index (χ0n) is 44.8. The van der Waals surface area contributed by atoms with Gasteiger partial charge >= 0.3 is 35.8 Å². The number of ketones is 2. The average Bonchev–Trinajstić information content (AvgIpc) is 3.32. The van der Waals surface area contributed by atoms with E-state index in [4.69, 9.17) is 10.2 Å². The molecular weight excluding hydrogens is 890 g/mol. The smallest absolute Gasteiger partial charge is 0.374 e. The molecule has 0 aliphatic heterocycles. The topological polar surface area (TPSA) is 226 Å².